The van der Waals surface area contributed by atoms with Crippen molar-refractivity contribution in [3.8, 4) is 28.6 Å². The summed E-state index contributed by atoms with van der Waals surface area (Å²) in [7, 11) is 3.20. The highest BCUT2D eigenvalue weighted by Gasteiger charge is 2.35. The number of ether oxygens (including phenoxy) is 2. The van der Waals surface area contributed by atoms with E-state index in [9.17, 15) is 19.5 Å². The Bertz CT molecular complexity index is 1850. The van der Waals surface area contributed by atoms with Crippen molar-refractivity contribution in [3.63, 3.8) is 0 Å². The number of nitrogens with zero attached hydrogens (tertiary/aromatic N) is 1. The summed E-state index contributed by atoms with van der Waals surface area (Å²) >= 11 is 0. The SMILES string of the molecule is COc1ccc2cc([C@@H]3CC(=O)Oc4cc(O)c5c(=O)cc(-c6ccccc6)oc5c43)c(=O)n(C)c2c1. The minimum atomic E-state index is -0.765. The Balaban J connectivity index is 1.67. The second-order valence-corrected chi connectivity index (χ2v) is 8.97. The van der Waals surface area contributed by atoms with Gasteiger partial charge in [0.1, 0.15) is 34.0 Å². The zero-order valence-electron chi connectivity index (χ0n) is 20.0. The molecule has 8 nitrogen and oxygen atoms in total. The maximum absolute atomic E-state index is 13.6. The van der Waals surface area contributed by atoms with Gasteiger partial charge in [0.2, 0.25) is 0 Å². The number of hydrogen-bond acceptors (Lipinski definition) is 7. The molecule has 2 aromatic heterocycles. The van der Waals surface area contributed by atoms with Crippen molar-refractivity contribution in [3.05, 3.63) is 98.4 Å². The predicted molar refractivity (Wildman–Crippen MR) is 137 cm³/mol. The molecule has 3 heterocycles. The Labute approximate surface area is 209 Å². The van der Waals surface area contributed by atoms with Gasteiger partial charge in [0.15, 0.2) is 5.43 Å². The van der Waals surface area contributed by atoms with Crippen molar-refractivity contribution in [1.82, 2.24) is 4.57 Å². The molecule has 0 spiro atoms. The van der Waals surface area contributed by atoms with Gasteiger partial charge in [-0.15, -0.1) is 0 Å². The molecule has 6 rings (SSSR count). The third-order valence-corrected chi connectivity index (χ3v) is 6.82. The second-order valence-electron chi connectivity index (χ2n) is 8.97. The van der Waals surface area contributed by atoms with E-state index in [0.29, 0.717) is 33.7 Å². The van der Waals surface area contributed by atoms with Crippen molar-refractivity contribution >= 4 is 27.8 Å². The first-order chi connectivity index (χ1) is 17.9. The molecule has 8 heteroatoms. The van der Waals surface area contributed by atoms with E-state index in [-0.39, 0.29) is 34.4 Å². The maximum atomic E-state index is 13.6. The highest BCUT2D eigenvalue weighted by molar-refractivity contribution is 5.93. The minimum absolute atomic E-state index is 0.0382. The predicted octanol–water partition coefficient (Wildman–Crippen LogP) is 4.47. The standard InChI is InChI=1S/C29H21NO7/c1-30-20-11-17(35-2)9-8-16(20)10-19(29(30)34)18-12-25(33)36-24-14-22(32)27-21(31)13-23(37-28(27)26(18)24)15-6-4-3-5-7-15/h3-11,13-14,18,32H,12H2,1-2H3/t18-/m0/s1. The molecule has 1 atom stereocenters. The van der Waals surface area contributed by atoms with Crippen molar-refractivity contribution in [2.45, 2.75) is 12.3 Å². The lowest BCUT2D eigenvalue weighted by molar-refractivity contribution is -0.135. The third-order valence-electron chi connectivity index (χ3n) is 6.82. The van der Waals surface area contributed by atoms with Crippen LogP contribution in [-0.2, 0) is 11.8 Å². The summed E-state index contributed by atoms with van der Waals surface area (Å²) in [6.45, 7) is 0. The summed E-state index contributed by atoms with van der Waals surface area (Å²) < 4.78 is 18.5. The number of benzene rings is 3. The molecule has 0 fully saturated rings. The van der Waals surface area contributed by atoms with Crippen LogP contribution >= 0.6 is 0 Å². The van der Waals surface area contributed by atoms with Gasteiger partial charge in [0.25, 0.3) is 5.56 Å². The molecule has 0 bridgehead atoms. The number of rotatable bonds is 3. The van der Waals surface area contributed by atoms with Gasteiger partial charge in [-0.1, -0.05) is 30.3 Å². The largest absolute Gasteiger partial charge is 0.507 e. The molecule has 1 N–H and O–H groups in total. The van der Waals surface area contributed by atoms with Gasteiger partial charge in [-0.3, -0.25) is 14.4 Å². The molecule has 5 aromatic rings. The summed E-state index contributed by atoms with van der Waals surface area (Å²) in [6, 6.07) is 18.7. The van der Waals surface area contributed by atoms with E-state index in [1.165, 1.54) is 16.7 Å². The molecule has 1 aliphatic rings. The van der Waals surface area contributed by atoms with Crippen LogP contribution in [0.15, 0.2) is 80.7 Å². The summed E-state index contributed by atoms with van der Waals surface area (Å²) in [5.74, 6) is -0.738. The molecule has 0 amide bonds. The van der Waals surface area contributed by atoms with Crippen LogP contribution in [0.5, 0.6) is 17.2 Å². The molecule has 0 radical (unpaired) electrons. The van der Waals surface area contributed by atoms with E-state index in [0.717, 1.165) is 5.39 Å². The quantitative estimate of drug-likeness (QED) is 0.291. The highest BCUT2D eigenvalue weighted by atomic mass is 16.5. The highest BCUT2D eigenvalue weighted by Crippen LogP contribution is 2.45. The Morgan fingerprint density at radius 1 is 1.00 bits per heavy atom. The van der Waals surface area contributed by atoms with Crippen LogP contribution < -0.4 is 20.5 Å². The van der Waals surface area contributed by atoms with Crippen molar-refractivity contribution in [1.29, 1.82) is 0 Å². The number of phenolic OH excluding ortho intramolecular Hbond substituents is 1. The molecule has 0 saturated heterocycles. The average molecular weight is 495 g/mol. The fourth-order valence-electron chi connectivity index (χ4n) is 5.01. The van der Waals surface area contributed by atoms with E-state index in [2.05, 4.69) is 0 Å². The van der Waals surface area contributed by atoms with Gasteiger partial charge in [0.05, 0.1) is 19.0 Å². The minimum Gasteiger partial charge on any atom is -0.507 e. The van der Waals surface area contributed by atoms with Crippen LogP contribution in [0, 0.1) is 0 Å². The van der Waals surface area contributed by atoms with Crippen molar-refractivity contribution < 1.29 is 23.8 Å². The average Bonchev–Trinajstić information content (AvgIpc) is 2.90. The molecule has 37 heavy (non-hydrogen) atoms. The van der Waals surface area contributed by atoms with E-state index in [4.69, 9.17) is 13.9 Å². The molecule has 0 saturated carbocycles. The van der Waals surface area contributed by atoms with Crippen LogP contribution in [0.3, 0.4) is 0 Å². The number of carbonyl (C=O) groups excluding carboxylic acids is 1. The molecule has 0 unspecified atom stereocenters. The van der Waals surface area contributed by atoms with Gasteiger partial charge < -0.3 is 23.6 Å². The number of hydrogen-bond donors (Lipinski definition) is 1. The summed E-state index contributed by atoms with van der Waals surface area (Å²) in [4.78, 5) is 39.4. The number of esters is 1. The fraction of sp³-hybridized carbons (Fsp3) is 0.138. The number of aryl methyl sites for hydroxylation is 1. The number of fused-ring (bicyclic) bond motifs is 4. The zero-order valence-corrected chi connectivity index (χ0v) is 20.0. The van der Waals surface area contributed by atoms with Crippen LogP contribution in [-0.4, -0.2) is 22.8 Å². The Hall–Kier alpha value is -4.85. The third kappa shape index (κ3) is 3.57. The molecule has 0 aliphatic carbocycles. The number of aromatic hydroxyl groups is 1. The lowest BCUT2D eigenvalue weighted by Gasteiger charge is -2.26. The number of methoxy groups -OCH3 is 1. The Morgan fingerprint density at radius 2 is 1.78 bits per heavy atom. The molecule has 184 valence electrons. The van der Waals surface area contributed by atoms with Crippen molar-refractivity contribution in [2.24, 2.45) is 7.05 Å². The Morgan fingerprint density at radius 3 is 2.54 bits per heavy atom. The first-order valence-corrected chi connectivity index (χ1v) is 11.6. The normalized spacial score (nSPS) is 15.0. The topological polar surface area (TPSA) is 108 Å². The van der Waals surface area contributed by atoms with Gasteiger partial charge >= 0.3 is 5.97 Å². The number of carbonyl (C=O) groups is 1. The van der Waals surface area contributed by atoms with Crippen LogP contribution in [0.4, 0.5) is 0 Å². The fourth-order valence-corrected chi connectivity index (χ4v) is 5.01. The monoisotopic (exact) mass is 495 g/mol. The molecular weight excluding hydrogens is 474 g/mol. The molecule has 3 aromatic carbocycles. The lowest BCUT2D eigenvalue weighted by atomic mass is 9.85. The van der Waals surface area contributed by atoms with E-state index in [1.54, 1.807) is 44.5 Å². The lowest BCUT2D eigenvalue weighted by Crippen LogP contribution is -2.29. The van der Waals surface area contributed by atoms with Gasteiger partial charge in [0, 0.05) is 47.9 Å². The zero-order chi connectivity index (χ0) is 25.8. The van der Waals surface area contributed by atoms with E-state index < -0.39 is 17.3 Å². The molecule has 1 aliphatic heterocycles. The molecular formula is C29H21NO7. The first kappa shape index (κ1) is 22.6. The van der Waals surface area contributed by atoms with Crippen molar-refractivity contribution in [2.75, 3.05) is 7.11 Å². The maximum Gasteiger partial charge on any atom is 0.312 e. The van der Waals surface area contributed by atoms with Gasteiger partial charge in [-0.2, -0.15) is 0 Å². The summed E-state index contributed by atoms with van der Waals surface area (Å²) in [5.41, 5.74) is 1.36. The smallest absolute Gasteiger partial charge is 0.312 e. The summed E-state index contributed by atoms with van der Waals surface area (Å²) in [5, 5.41) is 11.4. The van der Waals surface area contributed by atoms with Crippen LogP contribution in [0.2, 0.25) is 0 Å². The van der Waals surface area contributed by atoms with Crippen LogP contribution in [0.25, 0.3) is 33.2 Å². The second kappa shape index (κ2) is 8.37. The van der Waals surface area contributed by atoms with Gasteiger partial charge in [-0.25, -0.2) is 0 Å². The number of pyridine rings is 1. The summed E-state index contributed by atoms with van der Waals surface area (Å²) in [6.07, 6.45) is -0.136. The van der Waals surface area contributed by atoms with E-state index in [1.807, 2.05) is 24.3 Å². The number of aromatic nitrogens is 1. The number of phenols is 1. The van der Waals surface area contributed by atoms with E-state index >= 15 is 0 Å². The van der Waals surface area contributed by atoms with Crippen LogP contribution in [0.1, 0.15) is 23.5 Å². The Kier molecular flexibility index (Phi) is 5.12. The first-order valence-electron chi connectivity index (χ1n) is 11.6. The van der Waals surface area contributed by atoms with Gasteiger partial charge in [-0.05, 0) is 23.6 Å².